The number of rotatable bonds is 5. The molecule has 19 heavy (non-hydrogen) atoms. The largest absolute Gasteiger partial charge is 0.481 e. The molecule has 1 saturated carbocycles. The van der Waals surface area contributed by atoms with Crippen LogP contribution in [0.4, 0.5) is 5.69 Å². The second-order valence-electron chi connectivity index (χ2n) is 5.09. The summed E-state index contributed by atoms with van der Waals surface area (Å²) in [5.74, 6) is -1.20. The maximum atomic E-state index is 11.4. The number of nitrogens with two attached hydrogens (primary N) is 1. The molecule has 1 aromatic rings. The number of aliphatic carboxylic acids is 1. The minimum Gasteiger partial charge on any atom is -0.481 e. The third-order valence-electron chi connectivity index (χ3n) is 3.81. The quantitative estimate of drug-likeness (QED) is 0.755. The van der Waals surface area contributed by atoms with Gasteiger partial charge in [0.1, 0.15) is 0 Å². The summed E-state index contributed by atoms with van der Waals surface area (Å²) in [7, 11) is 0. The smallest absolute Gasteiger partial charge is 0.311 e. The molecule has 0 bridgehead atoms. The van der Waals surface area contributed by atoms with Crippen LogP contribution in [-0.2, 0) is 4.79 Å². The molecule has 102 valence electrons. The van der Waals surface area contributed by atoms with E-state index in [0.717, 1.165) is 18.5 Å². The van der Waals surface area contributed by atoms with Crippen molar-refractivity contribution in [3.05, 3.63) is 29.8 Å². The van der Waals surface area contributed by atoms with Gasteiger partial charge in [-0.05, 0) is 37.1 Å². The molecule has 5 heteroatoms. The summed E-state index contributed by atoms with van der Waals surface area (Å²) in [4.78, 5) is 22.3. The zero-order chi connectivity index (χ0) is 13.9. The van der Waals surface area contributed by atoms with Gasteiger partial charge in [-0.3, -0.25) is 9.59 Å². The highest BCUT2D eigenvalue weighted by atomic mass is 16.4. The van der Waals surface area contributed by atoms with Crippen LogP contribution in [0.5, 0.6) is 0 Å². The van der Waals surface area contributed by atoms with Crippen LogP contribution in [0.25, 0.3) is 0 Å². The number of anilines is 1. The van der Waals surface area contributed by atoms with Crippen molar-refractivity contribution in [2.75, 3.05) is 11.9 Å². The molecule has 0 spiro atoms. The number of carbonyl (C=O) groups is 2. The van der Waals surface area contributed by atoms with Crippen molar-refractivity contribution in [3.63, 3.8) is 0 Å². The molecule has 0 radical (unpaired) electrons. The molecule has 1 fully saturated rings. The number of carboxylic acids is 1. The molecular weight excluding hydrogens is 244 g/mol. The molecule has 1 amide bonds. The molecule has 4 N–H and O–H groups in total. The molecule has 2 rings (SSSR count). The van der Waals surface area contributed by atoms with Crippen molar-refractivity contribution in [1.82, 2.24) is 0 Å². The fraction of sp³-hybridized carbons (Fsp3) is 0.429. The number of benzene rings is 1. The average Bonchev–Trinajstić information content (AvgIpc) is 2.87. The highest BCUT2D eigenvalue weighted by molar-refractivity contribution is 5.93. The van der Waals surface area contributed by atoms with Crippen LogP contribution in [-0.4, -0.2) is 23.5 Å². The van der Waals surface area contributed by atoms with Gasteiger partial charge in [0.05, 0.1) is 5.41 Å². The van der Waals surface area contributed by atoms with E-state index < -0.39 is 17.3 Å². The molecule has 0 aliphatic heterocycles. The highest BCUT2D eigenvalue weighted by Gasteiger charge is 2.40. The van der Waals surface area contributed by atoms with E-state index in [1.54, 1.807) is 24.3 Å². The van der Waals surface area contributed by atoms with Gasteiger partial charge in [-0.2, -0.15) is 0 Å². The molecular formula is C14H18N2O3. The van der Waals surface area contributed by atoms with Gasteiger partial charge in [0, 0.05) is 17.8 Å². The van der Waals surface area contributed by atoms with Crippen LogP contribution in [0.2, 0.25) is 0 Å². The predicted octanol–water partition coefficient (Wildman–Crippen LogP) is 1.84. The molecule has 1 aliphatic rings. The third kappa shape index (κ3) is 2.86. The molecule has 1 aromatic carbocycles. The lowest BCUT2D eigenvalue weighted by Gasteiger charge is -2.24. The van der Waals surface area contributed by atoms with Gasteiger partial charge in [0.15, 0.2) is 0 Å². The van der Waals surface area contributed by atoms with Crippen molar-refractivity contribution in [2.24, 2.45) is 11.1 Å². The number of primary amides is 1. The van der Waals surface area contributed by atoms with E-state index in [-0.39, 0.29) is 0 Å². The van der Waals surface area contributed by atoms with Crippen molar-refractivity contribution in [1.29, 1.82) is 0 Å². The Kier molecular flexibility index (Phi) is 3.74. The van der Waals surface area contributed by atoms with E-state index in [1.807, 2.05) is 0 Å². The van der Waals surface area contributed by atoms with Crippen molar-refractivity contribution >= 4 is 17.6 Å². The molecule has 0 atom stereocenters. The SMILES string of the molecule is NC(=O)c1ccc(NCC2(C(=O)O)CCCC2)cc1. The number of hydrogen-bond acceptors (Lipinski definition) is 3. The average molecular weight is 262 g/mol. The minimum absolute atomic E-state index is 0.415. The fourth-order valence-electron chi connectivity index (χ4n) is 2.54. The first-order valence-corrected chi connectivity index (χ1v) is 6.41. The second kappa shape index (κ2) is 5.30. The Labute approximate surface area is 111 Å². The number of carboxylic acid groups (broad SMARTS) is 1. The van der Waals surface area contributed by atoms with Gasteiger partial charge >= 0.3 is 5.97 Å². The normalized spacial score (nSPS) is 17.1. The van der Waals surface area contributed by atoms with Gasteiger partial charge in [-0.1, -0.05) is 12.8 Å². The van der Waals surface area contributed by atoms with E-state index in [0.29, 0.717) is 24.9 Å². The van der Waals surface area contributed by atoms with Gasteiger partial charge in [-0.25, -0.2) is 0 Å². The predicted molar refractivity (Wildman–Crippen MR) is 72.0 cm³/mol. The van der Waals surface area contributed by atoms with Gasteiger partial charge in [0.25, 0.3) is 0 Å². The Hall–Kier alpha value is -2.04. The first-order valence-electron chi connectivity index (χ1n) is 6.41. The lowest BCUT2D eigenvalue weighted by molar-refractivity contribution is -0.147. The first kappa shape index (κ1) is 13.4. The molecule has 0 heterocycles. The molecule has 1 aliphatic carbocycles. The van der Waals surface area contributed by atoms with Crippen LogP contribution in [0, 0.1) is 5.41 Å². The molecule has 0 aromatic heterocycles. The van der Waals surface area contributed by atoms with Gasteiger partial charge < -0.3 is 16.2 Å². The van der Waals surface area contributed by atoms with E-state index in [1.165, 1.54) is 0 Å². The molecule has 0 saturated heterocycles. The zero-order valence-corrected chi connectivity index (χ0v) is 10.7. The highest BCUT2D eigenvalue weighted by Crippen LogP contribution is 2.38. The van der Waals surface area contributed by atoms with Crippen LogP contribution < -0.4 is 11.1 Å². The number of amides is 1. The molecule has 0 unspecified atom stereocenters. The van der Waals surface area contributed by atoms with E-state index in [9.17, 15) is 14.7 Å². The number of hydrogen-bond donors (Lipinski definition) is 3. The standard InChI is InChI=1S/C14H18N2O3/c15-12(17)10-3-5-11(6-4-10)16-9-14(13(18)19)7-1-2-8-14/h3-6,16H,1-2,7-9H2,(H2,15,17)(H,18,19). The maximum absolute atomic E-state index is 11.4. The summed E-state index contributed by atoms with van der Waals surface area (Å²) in [6.07, 6.45) is 3.37. The van der Waals surface area contributed by atoms with E-state index in [4.69, 9.17) is 5.73 Å². The fourth-order valence-corrected chi connectivity index (χ4v) is 2.54. The minimum atomic E-state index is -0.730. The third-order valence-corrected chi connectivity index (χ3v) is 3.81. The Morgan fingerprint density at radius 2 is 1.79 bits per heavy atom. The lowest BCUT2D eigenvalue weighted by Crippen LogP contribution is -2.35. The lowest BCUT2D eigenvalue weighted by atomic mass is 9.86. The Morgan fingerprint density at radius 3 is 2.26 bits per heavy atom. The van der Waals surface area contributed by atoms with Gasteiger partial charge in [-0.15, -0.1) is 0 Å². The van der Waals surface area contributed by atoms with Gasteiger partial charge in [0.2, 0.25) is 5.91 Å². The van der Waals surface area contributed by atoms with Crippen LogP contribution in [0.1, 0.15) is 36.0 Å². The summed E-state index contributed by atoms with van der Waals surface area (Å²) in [6.45, 7) is 0.415. The van der Waals surface area contributed by atoms with Crippen LogP contribution >= 0.6 is 0 Å². The first-order chi connectivity index (χ1) is 9.03. The Morgan fingerprint density at radius 1 is 1.21 bits per heavy atom. The number of carbonyl (C=O) groups excluding carboxylic acids is 1. The topological polar surface area (TPSA) is 92.4 Å². The van der Waals surface area contributed by atoms with Crippen LogP contribution in [0.3, 0.4) is 0 Å². The van der Waals surface area contributed by atoms with E-state index >= 15 is 0 Å². The molecule has 5 nitrogen and oxygen atoms in total. The summed E-state index contributed by atoms with van der Waals surface area (Å²) in [6, 6.07) is 6.74. The summed E-state index contributed by atoms with van der Waals surface area (Å²) in [5, 5.41) is 12.5. The zero-order valence-electron chi connectivity index (χ0n) is 10.7. The number of nitrogens with one attached hydrogen (secondary N) is 1. The summed E-state index contributed by atoms with van der Waals surface area (Å²) < 4.78 is 0. The van der Waals surface area contributed by atoms with E-state index in [2.05, 4.69) is 5.32 Å². The monoisotopic (exact) mass is 262 g/mol. The second-order valence-corrected chi connectivity index (χ2v) is 5.09. The van der Waals surface area contributed by atoms with Crippen LogP contribution in [0.15, 0.2) is 24.3 Å². The Balaban J connectivity index is 2.01. The van der Waals surface area contributed by atoms with Crippen molar-refractivity contribution in [3.8, 4) is 0 Å². The van der Waals surface area contributed by atoms with Crippen molar-refractivity contribution in [2.45, 2.75) is 25.7 Å². The summed E-state index contributed by atoms with van der Waals surface area (Å²) >= 11 is 0. The maximum Gasteiger partial charge on any atom is 0.311 e. The van der Waals surface area contributed by atoms with Crippen molar-refractivity contribution < 1.29 is 14.7 Å². The Bertz CT molecular complexity index is 476. The summed E-state index contributed by atoms with van der Waals surface area (Å²) in [5.41, 5.74) is 5.76.